The molecule has 1 aromatic carbocycles. The van der Waals surface area contributed by atoms with Crippen LogP contribution in [0.4, 0.5) is 13.2 Å². The summed E-state index contributed by atoms with van der Waals surface area (Å²) in [5.41, 5.74) is 1.08. The molecule has 0 aliphatic carbocycles. The van der Waals surface area contributed by atoms with Crippen molar-refractivity contribution in [1.29, 1.82) is 0 Å². The molecule has 1 heterocycles. The highest BCUT2D eigenvalue weighted by Crippen LogP contribution is 2.24. The van der Waals surface area contributed by atoms with Crippen LogP contribution in [0.1, 0.15) is 12.0 Å². The Bertz CT molecular complexity index is 399. The maximum absolute atomic E-state index is 12.2. The molecule has 0 spiro atoms. The van der Waals surface area contributed by atoms with Crippen molar-refractivity contribution in [3.8, 4) is 0 Å². The first-order chi connectivity index (χ1) is 8.92. The largest absolute Gasteiger partial charge is 0.391 e. The lowest BCUT2D eigenvalue weighted by Gasteiger charge is -2.31. The van der Waals surface area contributed by atoms with Gasteiger partial charge in [-0.3, -0.25) is 0 Å². The summed E-state index contributed by atoms with van der Waals surface area (Å²) in [4.78, 5) is 0. The van der Waals surface area contributed by atoms with Gasteiger partial charge in [0.05, 0.1) is 19.1 Å². The van der Waals surface area contributed by atoms with E-state index in [-0.39, 0.29) is 12.6 Å². The fourth-order valence-corrected chi connectivity index (χ4v) is 2.22. The highest BCUT2D eigenvalue weighted by molar-refractivity contribution is 6.30. The number of halogens is 4. The molecule has 6 heteroatoms. The van der Waals surface area contributed by atoms with Crippen LogP contribution in [-0.4, -0.2) is 31.5 Å². The summed E-state index contributed by atoms with van der Waals surface area (Å²) in [5.74, 6) is 0. The van der Waals surface area contributed by atoms with Crippen LogP contribution in [0.3, 0.4) is 0 Å². The zero-order chi connectivity index (χ0) is 13.9. The van der Waals surface area contributed by atoms with Crippen molar-refractivity contribution in [2.45, 2.75) is 31.2 Å². The summed E-state index contributed by atoms with van der Waals surface area (Å²) in [5, 5.41) is 3.77. The summed E-state index contributed by atoms with van der Waals surface area (Å²) in [6, 6.07) is 7.46. The van der Waals surface area contributed by atoms with Crippen molar-refractivity contribution in [3.05, 3.63) is 34.9 Å². The lowest BCUT2D eigenvalue weighted by atomic mass is 10.0. The lowest BCUT2D eigenvalue weighted by Crippen LogP contribution is -2.48. The van der Waals surface area contributed by atoms with Crippen LogP contribution in [0, 0.1) is 0 Å². The molecule has 0 amide bonds. The van der Waals surface area contributed by atoms with E-state index in [1.54, 1.807) is 12.1 Å². The van der Waals surface area contributed by atoms with Crippen LogP contribution in [-0.2, 0) is 11.2 Å². The van der Waals surface area contributed by atoms with Crippen molar-refractivity contribution in [3.63, 3.8) is 0 Å². The molecule has 0 unspecified atom stereocenters. The number of ether oxygens (including phenoxy) is 1. The van der Waals surface area contributed by atoms with E-state index in [9.17, 15) is 13.2 Å². The standard InChI is InChI=1S/C13H15ClF3NO/c14-10-3-1-9(2-4-10)5-11-8-19-12(7-18-11)6-13(15,16)17/h1-4,11-12,18H,5-8H2/t11-,12-/m0/s1. The third-order valence-electron chi connectivity index (χ3n) is 3.02. The zero-order valence-electron chi connectivity index (χ0n) is 10.2. The molecule has 106 valence electrons. The molecule has 2 atom stereocenters. The van der Waals surface area contributed by atoms with E-state index in [0.717, 1.165) is 12.0 Å². The quantitative estimate of drug-likeness (QED) is 0.924. The van der Waals surface area contributed by atoms with Gasteiger partial charge in [-0.05, 0) is 24.1 Å². The second-order valence-electron chi connectivity index (χ2n) is 4.71. The van der Waals surface area contributed by atoms with Crippen molar-refractivity contribution >= 4 is 11.6 Å². The van der Waals surface area contributed by atoms with Gasteiger partial charge < -0.3 is 10.1 Å². The maximum Gasteiger partial charge on any atom is 0.391 e. The Morgan fingerprint density at radius 3 is 2.47 bits per heavy atom. The number of rotatable bonds is 3. The second-order valence-corrected chi connectivity index (χ2v) is 5.15. The van der Waals surface area contributed by atoms with Gasteiger partial charge in [-0.2, -0.15) is 13.2 Å². The van der Waals surface area contributed by atoms with Gasteiger partial charge in [0.15, 0.2) is 0 Å². The Morgan fingerprint density at radius 1 is 1.26 bits per heavy atom. The van der Waals surface area contributed by atoms with E-state index in [1.807, 2.05) is 12.1 Å². The van der Waals surface area contributed by atoms with Gasteiger partial charge in [0, 0.05) is 17.6 Å². The first-order valence-corrected chi connectivity index (χ1v) is 6.46. The number of benzene rings is 1. The molecule has 0 aromatic heterocycles. The molecule has 1 aromatic rings. The van der Waals surface area contributed by atoms with Crippen molar-refractivity contribution in [2.75, 3.05) is 13.2 Å². The molecule has 1 saturated heterocycles. The molecule has 1 N–H and O–H groups in total. The Morgan fingerprint density at radius 2 is 1.95 bits per heavy atom. The maximum atomic E-state index is 12.2. The zero-order valence-corrected chi connectivity index (χ0v) is 11.0. The molecule has 1 aliphatic heterocycles. The van der Waals surface area contributed by atoms with Crippen LogP contribution in [0.15, 0.2) is 24.3 Å². The number of hydrogen-bond acceptors (Lipinski definition) is 2. The minimum absolute atomic E-state index is 0.0469. The average molecular weight is 294 g/mol. The van der Waals surface area contributed by atoms with Crippen LogP contribution in [0.5, 0.6) is 0 Å². The van der Waals surface area contributed by atoms with Gasteiger partial charge in [-0.15, -0.1) is 0 Å². The van der Waals surface area contributed by atoms with Gasteiger partial charge in [0.1, 0.15) is 0 Å². The first kappa shape index (κ1) is 14.6. The molecule has 2 rings (SSSR count). The van der Waals surface area contributed by atoms with Gasteiger partial charge in [0.25, 0.3) is 0 Å². The summed E-state index contributed by atoms with van der Waals surface area (Å²) in [6.45, 7) is 0.529. The lowest BCUT2D eigenvalue weighted by molar-refractivity contribution is -0.165. The number of nitrogens with one attached hydrogen (secondary N) is 1. The van der Waals surface area contributed by atoms with E-state index in [1.165, 1.54) is 0 Å². The van der Waals surface area contributed by atoms with Gasteiger partial charge in [-0.25, -0.2) is 0 Å². The number of hydrogen-bond donors (Lipinski definition) is 1. The normalized spacial score (nSPS) is 24.4. The van der Waals surface area contributed by atoms with E-state index in [0.29, 0.717) is 11.6 Å². The third kappa shape index (κ3) is 5.01. The predicted molar refractivity (Wildman–Crippen MR) is 67.4 cm³/mol. The smallest absolute Gasteiger partial charge is 0.375 e. The molecule has 1 aliphatic rings. The molecule has 0 saturated carbocycles. The molecule has 0 bridgehead atoms. The molecule has 0 radical (unpaired) electrons. The Hall–Kier alpha value is -0.780. The highest BCUT2D eigenvalue weighted by Gasteiger charge is 2.34. The SMILES string of the molecule is FC(F)(F)C[C@H]1CN[C@@H](Cc2ccc(Cl)cc2)CO1. The Balaban J connectivity index is 1.79. The van der Waals surface area contributed by atoms with Gasteiger partial charge in [-0.1, -0.05) is 23.7 Å². The van der Waals surface area contributed by atoms with E-state index in [4.69, 9.17) is 16.3 Å². The summed E-state index contributed by atoms with van der Waals surface area (Å²) >= 11 is 5.79. The summed E-state index contributed by atoms with van der Waals surface area (Å²) in [6.07, 6.45) is -5.12. The van der Waals surface area contributed by atoms with Gasteiger partial charge in [0.2, 0.25) is 0 Å². The minimum atomic E-state index is -4.17. The molecule has 1 fully saturated rings. The van der Waals surface area contributed by atoms with Crippen molar-refractivity contribution in [1.82, 2.24) is 5.32 Å². The van der Waals surface area contributed by atoms with E-state index in [2.05, 4.69) is 5.32 Å². The molecule has 2 nitrogen and oxygen atoms in total. The second kappa shape index (κ2) is 6.11. The molecule has 19 heavy (non-hydrogen) atoms. The molecular weight excluding hydrogens is 279 g/mol. The first-order valence-electron chi connectivity index (χ1n) is 6.08. The predicted octanol–water partition coefficient (Wildman–Crippen LogP) is 3.19. The van der Waals surface area contributed by atoms with Crippen LogP contribution >= 0.6 is 11.6 Å². The van der Waals surface area contributed by atoms with Crippen molar-refractivity contribution < 1.29 is 17.9 Å². The van der Waals surface area contributed by atoms with E-state index < -0.39 is 18.7 Å². The minimum Gasteiger partial charge on any atom is -0.375 e. The van der Waals surface area contributed by atoms with E-state index >= 15 is 0 Å². The Labute approximate surface area is 114 Å². The third-order valence-corrected chi connectivity index (χ3v) is 3.27. The number of morpholine rings is 1. The van der Waals surface area contributed by atoms with Crippen LogP contribution in [0.2, 0.25) is 5.02 Å². The van der Waals surface area contributed by atoms with Crippen LogP contribution < -0.4 is 5.32 Å². The highest BCUT2D eigenvalue weighted by atomic mass is 35.5. The Kier molecular flexibility index (Phi) is 4.71. The molecular formula is C13H15ClF3NO. The fraction of sp³-hybridized carbons (Fsp3) is 0.538. The average Bonchev–Trinajstić information content (AvgIpc) is 2.33. The topological polar surface area (TPSA) is 21.3 Å². The number of alkyl halides is 3. The summed E-state index contributed by atoms with van der Waals surface area (Å²) in [7, 11) is 0. The summed E-state index contributed by atoms with van der Waals surface area (Å²) < 4.78 is 41.9. The fourth-order valence-electron chi connectivity index (χ4n) is 2.09. The van der Waals surface area contributed by atoms with Crippen molar-refractivity contribution in [2.24, 2.45) is 0 Å². The van der Waals surface area contributed by atoms with Gasteiger partial charge >= 0.3 is 6.18 Å². The monoisotopic (exact) mass is 293 g/mol. The van der Waals surface area contributed by atoms with Crippen LogP contribution in [0.25, 0.3) is 0 Å².